The van der Waals surface area contributed by atoms with Crippen molar-refractivity contribution < 1.29 is 19.5 Å². The van der Waals surface area contributed by atoms with Crippen LogP contribution >= 0.6 is 12.6 Å². The minimum absolute atomic E-state index is 0.203. The molecule has 2 amide bonds. The molecule has 3 atom stereocenters. The second-order valence-corrected chi connectivity index (χ2v) is 7.95. The number of fused-ring (bicyclic) bond motifs is 1. The number of carbonyl (C=O) groups excluding carboxylic acids is 2. The lowest BCUT2D eigenvalue weighted by Gasteiger charge is -2.29. The van der Waals surface area contributed by atoms with Gasteiger partial charge in [0.15, 0.2) is 0 Å². The van der Waals surface area contributed by atoms with Gasteiger partial charge in [-0.3, -0.25) is 9.59 Å². The molecule has 2 aromatic rings. The molecular weight excluding hydrogens is 400 g/mol. The van der Waals surface area contributed by atoms with Crippen LogP contribution in [0.5, 0.6) is 0 Å². The van der Waals surface area contributed by atoms with Crippen LogP contribution in [-0.2, 0) is 33.8 Å². The van der Waals surface area contributed by atoms with Crippen molar-refractivity contribution in [3.05, 3.63) is 71.3 Å². The molecule has 1 aliphatic heterocycles. The third-order valence-electron chi connectivity index (χ3n) is 5.52. The molecule has 30 heavy (non-hydrogen) atoms. The molecule has 3 rings (SSSR count). The van der Waals surface area contributed by atoms with E-state index in [9.17, 15) is 19.5 Å². The molecule has 0 bridgehead atoms. The van der Waals surface area contributed by atoms with E-state index in [1.807, 2.05) is 54.6 Å². The molecule has 0 fully saturated rings. The van der Waals surface area contributed by atoms with E-state index in [1.54, 1.807) is 0 Å². The summed E-state index contributed by atoms with van der Waals surface area (Å²) < 4.78 is 0. The van der Waals surface area contributed by atoms with Gasteiger partial charge in [0.25, 0.3) is 0 Å². The molecule has 0 unspecified atom stereocenters. The van der Waals surface area contributed by atoms with Gasteiger partial charge in [0.1, 0.15) is 12.1 Å². The Morgan fingerprint density at radius 2 is 1.77 bits per heavy atom. The molecule has 0 aromatic heterocycles. The van der Waals surface area contributed by atoms with E-state index in [0.717, 1.165) is 16.7 Å². The second-order valence-electron chi connectivity index (χ2n) is 7.58. The lowest BCUT2D eigenvalue weighted by atomic mass is 9.98. The lowest BCUT2D eigenvalue weighted by molar-refractivity contribution is -0.151. The first kappa shape index (κ1) is 21.9. The number of nitrogens with one attached hydrogen (secondary N) is 1. The third kappa shape index (κ3) is 5.02. The van der Waals surface area contributed by atoms with Crippen molar-refractivity contribution in [2.45, 2.75) is 38.4 Å². The molecule has 7 heteroatoms. The summed E-state index contributed by atoms with van der Waals surface area (Å²) in [5, 5.41) is 12.3. The molecule has 1 aliphatic rings. The maximum absolute atomic E-state index is 13.2. The summed E-state index contributed by atoms with van der Waals surface area (Å²) >= 11 is 4.34. The van der Waals surface area contributed by atoms with Crippen LogP contribution in [0.3, 0.4) is 0 Å². The number of aliphatic carboxylic acids is 1. The molecular formula is C23H26N2O4S. The maximum atomic E-state index is 13.2. The summed E-state index contributed by atoms with van der Waals surface area (Å²) in [7, 11) is 0. The van der Waals surface area contributed by atoms with Crippen molar-refractivity contribution in [1.29, 1.82) is 0 Å². The zero-order chi connectivity index (χ0) is 21.7. The van der Waals surface area contributed by atoms with Crippen LogP contribution in [-0.4, -0.2) is 45.6 Å². The average Bonchev–Trinajstić information content (AvgIpc) is 2.88. The van der Waals surface area contributed by atoms with E-state index in [4.69, 9.17) is 0 Å². The summed E-state index contributed by atoms with van der Waals surface area (Å²) in [5.41, 5.74) is 2.85. The predicted molar refractivity (Wildman–Crippen MR) is 117 cm³/mol. The molecule has 2 N–H and O–H groups in total. The topological polar surface area (TPSA) is 86.7 Å². The normalized spacial score (nSPS) is 18.1. The summed E-state index contributed by atoms with van der Waals surface area (Å²) in [6, 6.07) is 15.4. The molecule has 0 aliphatic carbocycles. The highest BCUT2D eigenvalue weighted by molar-refractivity contribution is 7.80. The van der Waals surface area contributed by atoms with Crippen LogP contribution in [0, 0.1) is 5.92 Å². The average molecular weight is 427 g/mol. The number of hydrogen-bond acceptors (Lipinski definition) is 4. The van der Waals surface area contributed by atoms with Crippen molar-refractivity contribution in [1.82, 2.24) is 10.2 Å². The van der Waals surface area contributed by atoms with E-state index >= 15 is 0 Å². The fourth-order valence-electron chi connectivity index (χ4n) is 3.68. The van der Waals surface area contributed by atoms with Crippen molar-refractivity contribution >= 4 is 30.4 Å². The van der Waals surface area contributed by atoms with Crippen LogP contribution in [0.15, 0.2) is 54.6 Å². The SMILES string of the molecule is C[C@@H](C(=O)O)N1Cc2ccccc2C[C@H](NC(=O)[C@@H](CS)Cc2ccccc2)C1=O. The Labute approximate surface area is 181 Å². The number of nitrogens with zero attached hydrogens (tertiary/aromatic N) is 1. The van der Waals surface area contributed by atoms with Gasteiger partial charge in [-0.1, -0.05) is 54.6 Å². The monoisotopic (exact) mass is 426 g/mol. The van der Waals surface area contributed by atoms with Crippen molar-refractivity contribution in [3.63, 3.8) is 0 Å². The van der Waals surface area contributed by atoms with Gasteiger partial charge < -0.3 is 15.3 Å². The highest BCUT2D eigenvalue weighted by Crippen LogP contribution is 2.22. The first-order chi connectivity index (χ1) is 14.4. The quantitative estimate of drug-likeness (QED) is 0.593. The minimum atomic E-state index is -1.08. The van der Waals surface area contributed by atoms with Gasteiger partial charge in [-0.2, -0.15) is 12.6 Å². The number of hydrogen-bond donors (Lipinski definition) is 3. The van der Waals surface area contributed by atoms with Crippen LogP contribution in [0.4, 0.5) is 0 Å². The number of rotatable bonds is 7. The Morgan fingerprint density at radius 3 is 2.40 bits per heavy atom. The summed E-state index contributed by atoms with van der Waals surface area (Å²) in [6.45, 7) is 1.69. The summed E-state index contributed by atoms with van der Waals surface area (Å²) in [5.74, 6) is -1.77. The van der Waals surface area contributed by atoms with E-state index in [0.29, 0.717) is 18.6 Å². The van der Waals surface area contributed by atoms with Gasteiger partial charge >= 0.3 is 5.97 Å². The third-order valence-corrected chi connectivity index (χ3v) is 5.96. The number of carboxylic acid groups (broad SMARTS) is 1. The molecule has 0 radical (unpaired) electrons. The van der Waals surface area contributed by atoms with E-state index < -0.39 is 24.0 Å². The zero-order valence-electron chi connectivity index (χ0n) is 16.8. The van der Waals surface area contributed by atoms with Gasteiger partial charge in [-0.15, -0.1) is 0 Å². The molecule has 0 saturated heterocycles. The van der Waals surface area contributed by atoms with Gasteiger partial charge in [0.05, 0.1) is 5.92 Å². The van der Waals surface area contributed by atoms with Crippen LogP contribution in [0.25, 0.3) is 0 Å². The van der Waals surface area contributed by atoms with Gasteiger partial charge in [-0.05, 0) is 30.0 Å². The van der Waals surface area contributed by atoms with E-state index in [2.05, 4.69) is 17.9 Å². The minimum Gasteiger partial charge on any atom is -0.480 e. The van der Waals surface area contributed by atoms with Crippen LogP contribution in [0.2, 0.25) is 0 Å². The van der Waals surface area contributed by atoms with Gasteiger partial charge in [0, 0.05) is 18.7 Å². The van der Waals surface area contributed by atoms with Crippen LogP contribution in [0.1, 0.15) is 23.6 Å². The predicted octanol–water partition coefficient (Wildman–Crippen LogP) is 2.32. The number of carbonyl (C=O) groups is 3. The van der Waals surface area contributed by atoms with E-state index in [-0.39, 0.29) is 18.4 Å². The van der Waals surface area contributed by atoms with Crippen molar-refractivity contribution in [3.8, 4) is 0 Å². The highest BCUT2D eigenvalue weighted by Gasteiger charge is 2.36. The first-order valence-electron chi connectivity index (χ1n) is 9.96. The van der Waals surface area contributed by atoms with Gasteiger partial charge in [0.2, 0.25) is 11.8 Å². The summed E-state index contributed by atoms with van der Waals surface area (Å²) in [6.07, 6.45) is 0.844. The molecule has 2 aromatic carbocycles. The van der Waals surface area contributed by atoms with Crippen molar-refractivity contribution in [2.24, 2.45) is 5.92 Å². The Balaban J connectivity index is 1.82. The Bertz CT molecular complexity index is 918. The molecule has 6 nitrogen and oxygen atoms in total. The Morgan fingerprint density at radius 1 is 1.13 bits per heavy atom. The highest BCUT2D eigenvalue weighted by atomic mass is 32.1. The molecule has 0 saturated carbocycles. The number of carboxylic acids is 1. The van der Waals surface area contributed by atoms with Crippen LogP contribution < -0.4 is 5.32 Å². The fourth-order valence-corrected chi connectivity index (χ4v) is 3.98. The molecule has 1 heterocycles. The lowest BCUT2D eigenvalue weighted by Crippen LogP contribution is -2.53. The van der Waals surface area contributed by atoms with E-state index in [1.165, 1.54) is 11.8 Å². The fraction of sp³-hybridized carbons (Fsp3) is 0.348. The standard InChI is InChI=1S/C23H26N2O4S/c1-15(23(28)29)25-13-18-10-6-5-9-17(18)12-20(22(25)27)24-21(26)19(14-30)11-16-7-3-2-4-8-16/h2-10,15,19-20,30H,11-14H2,1H3,(H,24,26)(H,28,29)/t15-,19+,20-/m0/s1. The maximum Gasteiger partial charge on any atom is 0.326 e. The first-order valence-corrected chi connectivity index (χ1v) is 10.6. The smallest absolute Gasteiger partial charge is 0.326 e. The van der Waals surface area contributed by atoms with Crippen molar-refractivity contribution in [2.75, 3.05) is 5.75 Å². The number of amides is 2. The Kier molecular flexibility index (Phi) is 7.15. The van der Waals surface area contributed by atoms with Gasteiger partial charge in [-0.25, -0.2) is 4.79 Å². The number of benzene rings is 2. The number of thiol groups is 1. The largest absolute Gasteiger partial charge is 0.480 e. The zero-order valence-corrected chi connectivity index (χ0v) is 17.7. The Hall–Kier alpha value is -2.80. The second kappa shape index (κ2) is 9.80. The molecule has 158 valence electrons. The summed E-state index contributed by atoms with van der Waals surface area (Å²) in [4.78, 5) is 39.1. The molecule has 0 spiro atoms.